The zero-order chi connectivity index (χ0) is 6.85. The smallest absolute Gasteiger partial charge is 0.219 e. The minimum atomic E-state index is -0.533. The van der Waals surface area contributed by atoms with Gasteiger partial charge in [-0.05, 0) is 6.42 Å². The van der Waals surface area contributed by atoms with Crippen LogP contribution in [0.3, 0.4) is 0 Å². The van der Waals surface area contributed by atoms with Crippen LogP contribution in [0.2, 0.25) is 0 Å². The van der Waals surface area contributed by atoms with Crippen molar-refractivity contribution in [3.8, 4) is 0 Å². The standard InChI is InChI=1S/C6H10NO2/c1-5(8)7-3-2-6(9)4-7/h6H,2-4H2,1H3. The van der Waals surface area contributed by atoms with Gasteiger partial charge in [-0.2, -0.15) is 0 Å². The van der Waals surface area contributed by atoms with Crippen LogP contribution in [-0.2, 0) is 9.90 Å². The molecule has 0 aromatic heterocycles. The number of carbonyl (C=O) groups excluding carboxylic acids is 1. The number of likely N-dealkylation sites (tertiary alicyclic amines) is 1. The fraction of sp³-hybridized carbons (Fsp3) is 0.833. The van der Waals surface area contributed by atoms with E-state index in [0.29, 0.717) is 19.5 Å². The van der Waals surface area contributed by atoms with Crippen molar-refractivity contribution >= 4 is 5.91 Å². The second-order valence-electron chi connectivity index (χ2n) is 2.38. The van der Waals surface area contributed by atoms with Gasteiger partial charge in [0.15, 0.2) is 0 Å². The molecule has 1 amide bonds. The Hall–Kier alpha value is -0.570. The summed E-state index contributed by atoms with van der Waals surface area (Å²) in [6.45, 7) is 2.57. The molecule has 1 aliphatic rings. The first-order valence-corrected chi connectivity index (χ1v) is 3.11. The van der Waals surface area contributed by atoms with Crippen LogP contribution in [0.4, 0.5) is 0 Å². The number of rotatable bonds is 0. The summed E-state index contributed by atoms with van der Waals surface area (Å²) < 4.78 is 0. The Morgan fingerprint density at radius 3 is 2.56 bits per heavy atom. The molecule has 1 saturated heterocycles. The highest BCUT2D eigenvalue weighted by Gasteiger charge is 2.22. The Morgan fingerprint density at radius 1 is 1.67 bits per heavy atom. The summed E-state index contributed by atoms with van der Waals surface area (Å²) in [6.07, 6.45) is 0.0912. The molecular weight excluding hydrogens is 118 g/mol. The number of nitrogens with zero attached hydrogens (tertiary/aromatic N) is 1. The van der Waals surface area contributed by atoms with Gasteiger partial charge in [0, 0.05) is 13.5 Å². The topological polar surface area (TPSA) is 40.2 Å². The number of hydrogen-bond acceptors (Lipinski definition) is 1. The molecule has 1 unspecified atom stereocenters. The van der Waals surface area contributed by atoms with Gasteiger partial charge < -0.3 is 4.90 Å². The van der Waals surface area contributed by atoms with Crippen molar-refractivity contribution in [2.45, 2.75) is 19.4 Å². The Labute approximate surface area is 54.3 Å². The molecule has 0 N–H and O–H groups in total. The highest BCUT2D eigenvalue weighted by Crippen LogP contribution is 2.08. The lowest BCUT2D eigenvalue weighted by atomic mass is 10.3. The lowest BCUT2D eigenvalue weighted by Gasteiger charge is -2.10. The molecule has 0 aliphatic carbocycles. The van der Waals surface area contributed by atoms with Crippen LogP contribution in [0.5, 0.6) is 0 Å². The van der Waals surface area contributed by atoms with Gasteiger partial charge in [0.05, 0.1) is 6.54 Å². The van der Waals surface area contributed by atoms with Crippen molar-refractivity contribution in [3.05, 3.63) is 0 Å². The fourth-order valence-electron chi connectivity index (χ4n) is 1.01. The molecule has 1 rings (SSSR count). The molecule has 0 saturated carbocycles. The molecule has 1 radical (unpaired) electrons. The molecule has 1 atom stereocenters. The van der Waals surface area contributed by atoms with E-state index in [1.54, 1.807) is 4.90 Å². The summed E-state index contributed by atoms with van der Waals surface area (Å²) in [7, 11) is 0. The Kier molecular flexibility index (Phi) is 1.71. The molecule has 1 heterocycles. The van der Waals surface area contributed by atoms with Gasteiger partial charge in [0.2, 0.25) is 5.91 Å². The number of carbonyl (C=O) groups is 1. The lowest BCUT2D eigenvalue weighted by Crippen LogP contribution is -2.26. The summed E-state index contributed by atoms with van der Waals surface area (Å²) in [4.78, 5) is 12.2. The van der Waals surface area contributed by atoms with Gasteiger partial charge in [-0.15, -0.1) is 0 Å². The molecule has 1 fully saturated rings. The van der Waals surface area contributed by atoms with Crippen molar-refractivity contribution in [2.24, 2.45) is 0 Å². The molecule has 3 heteroatoms. The molecule has 0 aromatic rings. The number of hydrogen-bond donors (Lipinski definition) is 0. The van der Waals surface area contributed by atoms with E-state index >= 15 is 0 Å². The van der Waals surface area contributed by atoms with Gasteiger partial charge in [-0.25, -0.2) is 5.11 Å². The van der Waals surface area contributed by atoms with E-state index in [2.05, 4.69) is 0 Å². The van der Waals surface area contributed by atoms with Gasteiger partial charge in [-0.1, -0.05) is 0 Å². The maximum atomic E-state index is 10.6. The van der Waals surface area contributed by atoms with Crippen LogP contribution >= 0.6 is 0 Å². The van der Waals surface area contributed by atoms with Crippen molar-refractivity contribution < 1.29 is 9.90 Å². The first-order chi connectivity index (χ1) is 4.20. The summed E-state index contributed by atoms with van der Waals surface area (Å²) in [5, 5.41) is 10.6. The highest BCUT2D eigenvalue weighted by molar-refractivity contribution is 5.73. The van der Waals surface area contributed by atoms with Gasteiger partial charge in [-0.3, -0.25) is 4.79 Å². The quantitative estimate of drug-likeness (QED) is 0.454. The lowest BCUT2D eigenvalue weighted by molar-refractivity contribution is -0.128. The second-order valence-corrected chi connectivity index (χ2v) is 2.38. The van der Waals surface area contributed by atoms with E-state index in [4.69, 9.17) is 0 Å². The molecule has 0 aromatic carbocycles. The van der Waals surface area contributed by atoms with E-state index in [-0.39, 0.29) is 5.91 Å². The predicted molar refractivity (Wildman–Crippen MR) is 31.3 cm³/mol. The van der Waals surface area contributed by atoms with Crippen LogP contribution in [0.25, 0.3) is 0 Å². The van der Waals surface area contributed by atoms with Gasteiger partial charge in [0.1, 0.15) is 6.10 Å². The zero-order valence-corrected chi connectivity index (χ0v) is 5.46. The summed E-state index contributed by atoms with van der Waals surface area (Å²) in [6, 6.07) is 0. The van der Waals surface area contributed by atoms with Crippen LogP contribution in [-0.4, -0.2) is 30.0 Å². The summed E-state index contributed by atoms with van der Waals surface area (Å²) >= 11 is 0. The third kappa shape index (κ3) is 1.42. The maximum absolute atomic E-state index is 10.6. The van der Waals surface area contributed by atoms with Crippen molar-refractivity contribution in [1.82, 2.24) is 4.90 Å². The average Bonchev–Trinajstić information content (AvgIpc) is 2.14. The van der Waals surface area contributed by atoms with E-state index in [0.717, 1.165) is 0 Å². The predicted octanol–water partition coefficient (Wildman–Crippen LogP) is 0.0377. The molecule has 0 bridgehead atoms. The van der Waals surface area contributed by atoms with Crippen molar-refractivity contribution in [1.29, 1.82) is 0 Å². The highest BCUT2D eigenvalue weighted by atomic mass is 16.3. The van der Waals surface area contributed by atoms with Crippen LogP contribution in [0, 0.1) is 0 Å². The SMILES string of the molecule is CC(=O)N1CCC([O])C1. The zero-order valence-electron chi connectivity index (χ0n) is 5.46. The molecule has 51 valence electrons. The van der Waals surface area contributed by atoms with Gasteiger partial charge >= 0.3 is 0 Å². The number of amides is 1. The van der Waals surface area contributed by atoms with E-state index in [1.165, 1.54) is 6.92 Å². The van der Waals surface area contributed by atoms with Crippen LogP contribution in [0.15, 0.2) is 0 Å². The van der Waals surface area contributed by atoms with Crippen molar-refractivity contribution in [2.75, 3.05) is 13.1 Å². The summed E-state index contributed by atoms with van der Waals surface area (Å²) in [5.41, 5.74) is 0. The molecular formula is C6H10NO2. The minimum Gasteiger partial charge on any atom is -0.340 e. The second kappa shape index (κ2) is 2.35. The minimum absolute atomic E-state index is 0.0216. The Morgan fingerprint density at radius 2 is 2.33 bits per heavy atom. The normalized spacial score (nSPS) is 26.9. The van der Waals surface area contributed by atoms with Crippen LogP contribution < -0.4 is 0 Å². The first kappa shape index (κ1) is 6.55. The van der Waals surface area contributed by atoms with Crippen molar-refractivity contribution in [3.63, 3.8) is 0 Å². The molecule has 9 heavy (non-hydrogen) atoms. The van der Waals surface area contributed by atoms with E-state index in [1.807, 2.05) is 0 Å². The third-order valence-electron chi connectivity index (χ3n) is 1.59. The average molecular weight is 128 g/mol. The fourth-order valence-corrected chi connectivity index (χ4v) is 1.01. The van der Waals surface area contributed by atoms with Gasteiger partial charge in [0.25, 0.3) is 0 Å². The van der Waals surface area contributed by atoms with Crippen LogP contribution in [0.1, 0.15) is 13.3 Å². The monoisotopic (exact) mass is 128 g/mol. The van der Waals surface area contributed by atoms with E-state index in [9.17, 15) is 9.90 Å². The molecule has 1 aliphatic heterocycles. The Balaban J connectivity index is 2.39. The third-order valence-corrected chi connectivity index (χ3v) is 1.59. The summed E-state index contributed by atoms with van der Waals surface area (Å²) in [5.74, 6) is 0.0216. The van der Waals surface area contributed by atoms with E-state index < -0.39 is 6.10 Å². The molecule has 3 nitrogen and oxygen atoms in total. The maximum Gasteiger partial charge on any atom is 0.219 e. The Bertz CT molecular complexity index is 124. The first-order valence-electron chi connectivity index (χ1n) is 3.11. The largest absolute Gasteiger partial charge is 0.340 e. The molecule has 0 spiro atoms.